The van der Waals surface area contributed by atoms with E-state index in [0.717, 1.165) is 11.3 Å². The van der Waals surface area contributed by atoms with Gasteiger partial charge in [0.05, 0.1) is 12.5 Å². The molecule has 0 radical (unpaired) electrons. The first-order valence-electron chi connectivity index (χ1n) is 11.0. The van der Waals surface area contributed by atoms with Crippen LogP contribution in [0.25, 0.3) is 11.1 Å². The second-order valence-corrected chi connectivity index (χ2v) is 8.60. The van der Waals surface area contributed by atoms with Crippen LogP contribution in [-0.4, -0.2) is 31.3 Å². The van der Waals surface area contributed by atoms with Crippen LogP contribution in [0, 0.1) is 11.6 Å². The standard InChI is InChI=1S/C27H29F2NO4/c1-17(18-6-5-7-22(13-18)33-4)30-10-11-34-23-14-20(12-21(28)16-23)19-8-9-25(29)24(15-19)27(2,3)26(31)32/h5-9,12-17,30H,10-11H2,1-4H3,(H,31,32)/t17-/m1/s1. The van der Waals surface area contributed by atoms with Gasteiger partial charge in [-0.2, -0.15) is 0 Å². The topological polar surface area (TPSA) is 67.8 Å². The molecule has 2 N–H and O–H groups in total. The van der Waals surface area contributed by atoms with E-state index in [4.69, 9.17) is 9.47 Å². The SMILES string of the molecule is COc1cccc([C@@H](C)NCCOc2cc(F)cc(-c3ccc(F)c(C(C)(C)C(=O)O)c3)c2)c1. The molecule has 0 aliphatic rings. The minimum atomic E-state index is -1.43. The molecule has 0 amide bonds. The van der Waals surface area contributed by atoms with E-state index >= 15 is 0 Å². The van der Waals surface area contributed by atoms with Gasteiger partial charge >= 0.3 is 5.97 Å². The molecule has 5 nitrogen and oxygen atoms in total. The van der Waals surface area contributed by atoms with Crippen LogP contribution >= 0.6 is 0 Å². The number of nitrogens with one attached hydrogen (secondary N) is 1. The highest BCUT2D eigenvalue weighted by Crippen LogP contribution is 2.32. The summed E-state index contributed by atoms with van der Waals surface area (Å²) in [7, 11) is 1.62. The number of carbonyl (C=O) groups is 1. The molecule has 0 aromatic heterocycles. The summed E-state index contributed by atoms with van der Waals surface area (Å²) in [5.74, 6) is -1.17. The molecule has 0 spiro atoms. The minimum Gasteiger partial charge on any atom is -0.497 e. The first-order valence-corrected chi connectivity index (χ1v) is 11.0. The third-order valence-corrected chi connectivity index (χ3v) is 5.79. The van der Waals surface area contributed by atoms with Crippen molar-refractivity contribution >= 4 is 5.97 Å². The van der Waals surface area contributed by atoms with Crippen molar-refractivity contribution in [2.24, 2.45) is 0 Å². The lowest BCUT2D eigenvalue weighted by Crippen LogP contribution is -2.29. The van der Waals surface area contributed by atoms with Crippen molar-refractivity contribution < 1.29 is 28.2 Å². The zero-order valence-corrected chi connectivity index (χ0v) is 19.7. The number of hydrogen-bond donors (Lipinski definition) is 2. The van der Waals surface area contributed by atoms with Crippen molar-refractivity contribution in [1.82, 2.24) is 5.32 Å². The highest BCUT2D eigenvalue weighted by atomic mass is 19.1. The van der Waals surface area contributed by atoms with Gasteiger partial charge in [0, 0.05) is 24.2 Å². The quantitative estimate of drug-likeness (QED) is 0.371. The van der Waals surface area contributed by atoms with Gasteiger partial charge in [0.25, 0.3) is 0 Å². The van der Waals surface area contributed by atoms with E-state index in [1.54, 1.807) is 13.2 Å². The first kappa shape index (κ1) is 25.2. The van der Waals surface area contributed by atoms with Gasteiger partial charge in [-0.1, -0.05) is 18.2 Å². The average Bonchev–Trinajstić information content (AvgIpc) is 2.81. The Kier molecular flexibility index (Phi) is 7.89. The molecule has 0 heterocycles. The molecule has 7 heteroatoms. The summed E-state index contributed by atoms with van der Waals surface area (Å²) >= 11 is 0. The van der Waals surface area contributed by atoms with E-state index in [2.05, 4.69) is 5.32 Å². The fourth-order valence-electron chi connectivity index (χ4n) is 3.58. The number of rotatable bonds is 10. The Bertz CT molecular complexity index is 1160. The Hall–Kier alpha value is -3.45. The second kappa shape index (κ2) is 10.7. The van der Waals surface area contributed by atoms with Gasteiger partial charge in [-0.05, 0) is 73.9 Å². The van der Waals surface area contributed by atoms with E-state index in [1.807, 2.05) is 31.2 Å². The third-order valence-electron chi connectivity index (χ3n) is 5.79. The van der Waals surface area contributed by atoms with Gasteiger partial charge in [0.1, 0.15) is 29.7 Å². The molecule has 0 saturated heterocycles. The Labute approximate surface area is 198 Å². The average molecular weight is 470 g/mol. The Morgan fingerprint density at radius 2 is 1.79 bits per heavy atom. The fourth-order valence-corrected chi connectivity index (χ4v) is 3.58. The van der Waals surface area contributed by atoms with Crippen LogP contribution in [0.1, 0.15) is 37.9 Å². The lowest BCUT2D eigenvalue weighted by atomic mass is 9.83. The Morgan fingerprint density at radius 3 is 2.50 bits per heavy atom. The zero-order valence-electron chi connectivity index (χ0n) is 19.7. The third kappa shape index (κ3) is 5.91. The van der Waals surface area contributed by atoms with Gasteiger partial charge in [-0.15, -0.1) is 0 Å². The molecule has 1 atom stereocenters. The summed E-state index contributed by atoms with van der Waals surface area (Å²) in [5.41, 5.74) is 0.636. The van der Waals surface area contributed by atoms with Crippen molar-refractivity contribution in [3.05, 3.63) is 83.4 Å². The second-order valence-electron chi connectivity index (χ2n) is 8.60. The smallest absolute Gasteiger partial charge is 0.313 e. The molecule has 34 heavy (non-hydrogen) atoms. The predicted octanol–water partition coefficient (Wildman–Crippen LogP) is 5.73. The van der Waals surface area contributed by atoms with Crippen LogP contribution in [-0.2, 0) is 10.2 Å². The molecule has 3 aromatic carbocycles. The number of hydrogen-bond acceptors (Lipinski definition) is 4. The number of carboxylic acids is 1. The number of ether oxygens (including phenoxy) is 2. The van der Waals surface area contributed by atoms with Crippen molar-refractivity contribution in [3.8, 4) is 22.6 Å². The predicted molar refractivity (Wildman–Crippen MR) is 127 cm³/mol. The van der Waals surface area contributed by atoms with Gasteiger partial charge in [-0.25, -0.2) is 8.78 Å². The van der Waals surface area contributed by atoms with Crippen LogP contribution < -0.4 is 14.8 Å². The molecule has 0 aliphatic heterocycles. The number of halogens is 2. The summed E-state index contributed by atoms with van der Waals surface area (Å²) < 4.78 is 39.7. The molecule has 0 fully saturated rings. The number of methoxy groups -OCH3 is 1. The molecule has 3 aromatic rings. The van der Waals surface area contributed by atoms with Gasteiger partial charge in [0.2, 0.25) is 0 Å². The molecule has 0 aliphatic carbocycles. The maximum atomic E-state index is 14.4. The van der Waals surface area contributed by atoms with Crippen molar-refractivity contribution in [1.29, 1.82) is 0 Å². The number of benzene rings is 3. The van der Waals surface area contributed by atoms with E-state index in [-0.39, 0.29) is 11.6 Å². The normalized spacial score (nSPS) is 12.3. The summed E-state index contributed by atoms with van der Waals surface area (Å²) in [6, 6.07) is 16.2. The highest BCUT2D eigenvalue weighted by Gasteiger charge is 2.32. The first-order chi connectivity index (χ1) is 16.1. The van der Waals surface area contributed by atoms with Gasteiger partial charge in [-0.3, -0.25) is 4.79 Å². The van der Waals surface area contributed by atoms with E-state index in [0.29, 0.717) is 30.0 Å². The van der Waals surface area contributed by atoms with Crippen LogP contribution in [0.2, 0.25) is 0 Å². The van der Waals surface area contributed by atoms with E-state index < -0.39 is 23.0 Å². The fraction of sp³-hybridized carbons (Fsp3) is 0.296. The molecule has 180 valence electrons. The Morgan fingerprint density at radius 1 is 1.03 bits per heavy atom. The lowest BCUT2D eigenvalue weighted by Gasteiger charge is -2.21. The summed E-state index contributed by atoms with van der Waals surface area (Å²) in [5, 5.41) is 12.8. The van der Waals surface area contributed by atoms with Crippen molar-refractivity contribution in [2.75, 3.05) is 20.3 Å². The summed E-state index contributed by atoms with van der Waals surface area (Å²) in [6.45, 7) is 5.71. The lowest BCUT2D eigenvalue weighted by molar-refractivity contribution is -0.142. The van der Waals surface area contributed by atoms with Crippen molar-refractivity contribution in [2.45, 2.75) is 32.2 Å². The molecular formula is C27H29F2NO4. The minimum absolute atomic E-state index is 0.0277. The van der Waals surface area contributed by atoms with Crippen LogP contribution in [0.3, 0.4) is 0 Å². The molecule has 0 bridgehead atoms. The van der Waals surface area contributed by atoms with Gasteiger partial charge < -0.3 is 19.9 Å². The molecule has 0 unspecified atom stereocenters. The van der Waals surface area contributed by atoms with Crippen LogP contribution in [0.4, 0.5) is 8.78 Å². The van der Waals surface area contributed by atoms with E-state index in [9.17, 15) is 18.7 Å². The molecule has 0 saturated carbocycles. The van der Waals surface area contributed by atoms with Crippen LogP contribution in [0.5, 0.6) is 11.5 Å². The number of aliphatic carboxylic acids is 1. The monoisotopic (exact) mass is 469 g/mol. The number of carboxylic acid groups (broad SMARTS) is 1. The van der Waals surface area contributed by atoms with Crippen LogP contribution in [0.15, 0.2) is 60.7 Å². The zero-order chi connectivity index (χ0) is 24.9. The summed E-state index contributed by atoms with van der Waals surface area (Å²) in [4.78, 5) is 11.6. The molecule has 3 rings (SSSR count). The largest absolute Gasteiger partial charge is 0.497 e. The summed E-state index contributed by atoms with van der Waals surface area (Å²) in [6.07, 6.45) is 0. The Balaban J connectivity index is 1.69. The highest BCUT2D eigenvalue weighted by molar-refractivity contribution is 5.81. The van der Waals surface area contributed by atoms with Gasteiger partial charge in [0.15, 0.2) is 0 Å². The maximum Gasteiger partial charge on any atom is 0.313 e. The van der Waals surface area contributed by atoms with Crippen molar-refractivity contribution in [3.63, 3.8) is 0 Å². The van der Waals surface area contributed by atoms with E-state index in [1.165, 1.54) is 44.2 Å². The maximum absolute atomic E-state index is 14.4. The molecular weight excluding hydrogens is 440 g/mol.